The number of carbonyl (C=O) groups excluding carboxylic acids is 1. The molecule has 1 N–H and O–H groups in total. The van der Waals surface area contributed by atoms with Gasteiger partial charge in [0.25, 0.3) is 5.91 Å². The van der Waals surface area contributed by atoms with Crippen LogP contribution in [0.5, 0.6) is 5.75 Å². The maximum atomic E-state index is 12.0. The summed E-state index contributed by atoms with van der Waals surface area (Å²) in [5, 5.41) is 6.91. The first-order chi connectivity index (χ1) is 8.81. The number of hydrogen-bond donors (Lipinski definition) is 1. The van der Waals surface area contributed by atoms with Crippen molar-refractivity contribution in [2.75, 3.05) is 6.61 Å². The van der Waals surface area contributed by atoms with E-state index in [0.717, 1.165) is 5.56 Å². The highest BCUT2D eigenvalue weighted by Crippen LogP contribution is 2.17. The van der Waals surface area contributed by atoms with Crippen molar-refractivity contribution in [1.82, 2.24) is 5.32 Å². The molecule has 0 unspecified atom stereocenters. The van der Waals surface area contributed by atoms with Crippen molar-refractivity contribution in [1.29, 1.82) is 0 Å². The summed E-state index contributed by atoms with van der Waals surface area (Å²) in [6.45, 7) is 3.00. The minimum absolute atomic E-state index is 0.106. The highest BCUT2D eigenvalue weighted by Gasteiger charge is 2.11. The standard InChI is InChI=1S/C14H15NO2S/c1-2-17-13-6-4-3-5-12(13)14(16)15-9-11-7-8-18-10-11/h3-8,10H,2,9H2,1H3,(H,15,16). The van der Waals surface area contributed by atoms with E-state index in [1.807, 2.05) is 41.9 Å². The second kappa shape index (κ2) is 6.21. The number of carbonyl (C=O) groups is 1. The molecule has 0 aliphatic carbocycles. The first-order valence-electron chi connectivity index (χ1n) is 5.82. The zero-order valence-corrected chi connectivity index (χ0v) is 11.0. The van der Waals surface area contributed by atoms with E-state index in [1.54, 1.807) is 17.4 Å². The van der Waals surface area contributed by atoms with E-state index in [1.165, 1.54) is 0 Å². The van der Waals surface area contributed by atoms with Crippen molar-refractivity contribution in [2.45, 2.75) is 13.5 Å². The lowest BCUT2D eigenvalue weighted by Crippen LogP contribution is -2.23. The van der Waals surface area contributed by atoms with Crippen LogP contribution in [0.2, 0.25) is 0 Å². The van der Waals surface area contributed by atoms with Crippen LogP contribution in [0.1, 0.15) is 22.8 Å². The SMILES string of the molecule is CCOc1ccccc1C(=O)NCc1ccsc1. The van der Waals surface area contributed by atoms with Crippen LogP contribution in [0.4, 0.5) is 0 Å². The quantitative estimate of drug-likeness (QED) is 0.898. The maximum absolute atomic E-state index is 12.0. The number of para-hydroxylation sites is 1. The molecule has 0 aliphatic rings. The minimum atomic E-state index is -0.106. The fourth-order valence-corrected chi connectivity index (χ4v) is 2.28. The van der Waals surface area contributed by atoms with Gasteiger partial charge in [-0.1, -0.05) is 12.1 Å². The lowest BCUT2D eigenvalue weighted by atomic mass is 10.2. The van der Waals surface area contributed by atoms with Gasteiger partial charge in [0.15, 0.2) is 0 Å². The summed E-state index contributed by atoms with van der Waals surface area (Å²) in [4.78, 5) is 12.0. The van der Waals surface area contributed by atoms with E-state index in [4.69, 9.17) is 4.74 Å². The maximum Gasteiger partial charge on any atom is 0.255 e. The van der Waals surface area contributed by atoms with Gasteiger partial charge in [-0.15, -0.1) is 0 Å². The second-order valence-corrected chi connectivity index (χ2v) is 4.52. The molecule has 2 rings (SSSR count). The van der Waals surface area contributed by atoms with Crippen LogP contribution in [0.15, 0.2) is 41.1 Å². The molecule has 4 heteroatoms. The predicted octanol–water partition coefficient (Wildman–Crippen LogP) is 3.08. The van der Waals surface area contributed by atoms with E-state index in [2.05, 4.69) is 5.32 Å². The van der Waals surface area contributed by atoms with Crippen LogP contribution >= 0.6 is 11.3 Å². The van der Waals surface area contributed by atoms with Gasteiger partial charge in [-0.25, -0.2) is 0 Å². The summed E-state index contributed by atoms with van der Waals surface area (Å²) < 4.78 is 5.44. The third kappa shape index (κ3) is 3.11. The average Bonchev–Trinajstić information content (AvgIpc) is 2.90. The number of hydrogen-bond acceptors (Lipinski definition) is 3. The van der Waals surface area contributed by atoms with Gasteiger partial charge < -0.3 is 10.1 Å². The molecule has 0 radical (unpaired) electrons. The Morgan fingerprint density at radius 3 is 2.89 bits per heavy atom. The largest absolute Gasteiger partial charge is 0.493 e. The number of ether oxygens (including phenoxy) is 1. The van der Waals surface area contributed by atoms with Gasteiger partial charge in [-0.2, -0.15) is 11.3 Å². The fourth-order valence-electron chi connectivity index (χ4n) is 1.61. The number of thiophene rings is 1. The zero-order chi connectivity index (χ0) is 12.8. The van der Waals surface area contributed by atoms with Gasteiger partial charge in [0.05, 0.1) is 12.2 Å². The molecule has 1 aromatic heterocycles. The van der Waals surface area contributed by atoms with Crippen molar-refractivity contribution in [2.24, 2.45) is 0 Å². The zero-order valence-electron chi connectivity index (χ0n) is 10.2. The molecule has 0 atom stereocenters. The van der Waals surface area contributed by atoms with Gasteiger partial charge in [0.1, 0.15) is 5.75 Å². The van der Waals surface area contributed by atoms with E-state index >= 15 is 0 Å². The topological polar surface area (TPSA) is 38.3 Å². The number of nitrogens with one attached hydrogen (secondary N) is 1. The number of benzene rings is 1. The molecule has 3 nitrogen and oxygen atoms in total. The highest BCUT2D eigenvalue weighted by molar-refractivity contribution is 7.07. The van der Waals surface area contributed by atoms with Gasteiger partial charge in [0.2, 0.25) is 0 Å². The van der Waals surface area contributed by atoms with E-state index in [-0.39, 0.29) is 5.91 Å². The lowest BCUT2D eigenvalue weighted by Gasteiger charge is -2.09. The molecule has 0 fully saturated rings. The van der Waals surface area contributed by atoms with E-state index in [9.17, 15) is 4.79 Å². The van der Waals surface area contributed by atoms with Crippen LogP contribution in [0, 0.1) is 0 Å². The number of amides is 1. The Bertz CT molecular complexity index is 508. The molecule has 0 saturated heterocycles. The van der Waals surface area contributed by atoms with Gasteiger partial charge in [-0.3, -0.25) is 4.79 Å². The summed E-state index contributed by atoms with van der Waals surface area (Å²) >= 11 is 1.62. The molecule has 1 amide bonds. The summed E-state index contributed by atoms with van der Waals surface area (Å²) in [7, 11) is 0. The molecule has 18 heavy (non-hydrogen) atoms. The molecule has 2 aromatic rings. The first-order valence-corrected chi connectivity index (χ1v) is 6.76. The molecule has 1 aromatic carbocycles. The summed E-state index contributed by atoms with van der Waals surface area (Å²) in [5.41, 5.74) is 1.69. The Balaban J connectivity index is 2.04. The summed E-state index contributed by atoms with van der Waals surface area (Å²) in [5.74, 6) is 0.521. The third-order valence-corrected chi connectivity index (χ3v) is 3.20. The van der Waals surface area contributed by atoms with Crippen LogP contribution in [-0.2, 0) is 6.54 Å². The summed E-state index contributed by atoms with van der Waals surface area (Å²) in [6, 6.07) is 9.28. The van der Waals surface area contributed by atoms with Gasteiger partial charge in [-0.05, 0) is 41.4 Å². The van der Waals surface area contributed by atoms with Gasteiger partial charge >= 0.3 is 0 Å². The summed E-state index contributed by atoms with van der Waals surface area (Å²) in [6.07, 6.45) is 0. The number of rotatable bonds is 5. The van der Waals surface area contributed by atoms with Crippen LogP contribution in [-0.4, -0.2) is 12.5 Å². The van der Waals surface area contributed by atoms with Crippen molar-refractivity contribution in [3.8, 4) is 5.75 Å². The Kier molecular flexibility index (Phi) is 4.36. The molecule has 94 valence electrons. The molecule has 0 aliphatic heterocycles. The van der Waals surface area contributed by atoms with Crippen molar-refractivity contribution in [3.05, 3.63) is 52.2 Å². The van der Waals surface area contributed by atoms with Crippen LogP contribution in [0.25, 0.3) is 0 Å². The average molecular weight is 261 g/mol. The normalized spacial score (nSPS) is 10.1. The van der Waals surface area contributed by atoms with Crippen molar-refractivity contribution < 1.29 is 9.53 Å². The van der Waals surface area contributed by atoms with E-state index in [0.29, 0.717) is 24.5 Å². The Hall–Kier alpha value is -1.81. The Morgan fingerprint density at radius 1 is 1.33 bits per heavy atom. The Morgan fingerprint density at radius 2 is 2.17 bits per heavy atom. The predicted molar refractivity (Wildman–Crippen MR) is 73.1 cm³/mol. The van der Waals surface area contributed by atoms with Crippen molar-refractivity contribution in [3.63, 3.8) is 0 Å². The molecule has 1 heterocycles. The Labute approximate surface area is 110 Å². The van der Waals surface area contributed by atoms with Crippen LogP contribution in [0.3, 0.4) is 0 Å². The second-order valence-electron chi connectivity index (χ2n) is 3.74. The van der Waals surface area contributed by atoms with E-state index < -0.39 is 0 Å². The molecule has 0 bridgehead atoms. The molecular weight excluding hydrogens is 246 g/mol. The molecule has 0 saturated carbocycles. The monoisotopic (exact) mass is 261 g/mol. The lowest BCUT2D eigenvalue weighted by molar-refractivity contribution is 0.0947. The third-order valence-electron chi connectivity index (χ3n) is 2.46. The molecule has 0 spiro atoms. The fraction of sp³-hybridized carbons (Fsp3) is 0.214. The van der Waals surface area contributed by atoms with Gasteiger partial charge in [0, 0.05) is 6.54 Å². The first kappa shape index (κ1) is 12.6. The molecular formula is C14H15NO2S. The minimum Gasteiger partial charge on any atom is -0.493 e. The highest BCUT2D eigenvalue weighted by atomic mass is 32.1. The van der Waals surface area contributed by atoms with Crippen molar-refractivity contribution >= 4 is 17.2 Å². The smallest absolute Gasteiger partial charge is 0.255 e. The van der Waals surface area contributed by atoms with Crippen LogP contribution < -0.4 is 10.1 Å².